The number of benzene rings is 1. The normalized spacial score (nSPS) is 11.8. The van der Waals surface area contributed by atoms with Crippen molar-refractivity contribution in [2.45, 2.75) is 24.9 Å². The first-order chi connectivity index (χ1) is 9.94. The molecule has 0 radical (unpaired) electrons. The molecule has 0 atom stereocenters. The number of aryl methyl sites for hydroxylation is 1. The Morgan fingerprint density at radius 3 is 2.71 bits per heavy atom. The van der Waals surface area contributed by atoms with Crippen molar-refractivity contribution in [3.8, 4) is 0 Å². The summed E-state index contributed by atoms with van der Waals surface area (Å²) < 4.78 is 32.4. The molecule has 2 aromatic rings. The zero-order chi connectivity index (χ0) is 15.5. The van der Waals surface area contributed by atoms with E-state index < -0.39 is 10.0 Å². The fourth-order valence-electron chi connectivity index (χ4n) is 1.82. The van der Waals surface area contributed by atoms with Gasteiger partial charge in [0.2, 0.25) is 16.4 Å². The molecule has 1 aromatic carbocycles. The summed E-state index contributed by atoms with van der Waals surface area (Å²) in [6, 6.07) is 3.56. The molecule has 0 aliphatic carbocycles. The zero-order valence-corrected chi connectivity index (χ0v) is 14.0. The fraction of sp³-hybridized carbons (Fsp3) is 0.333. The minimum Gasteiger partial charge on any atom is -0.343 e. The molecule has 0 spiro atoms. The van der Waals surface area contributed by atoms with E-state index in [1.807, 2.05) is 13.0 Å². The van der Waals surface area contributed by atoms with E-state index in [2.05, 4.69) is 40.6 Å². The van der Waals surface area contributed by atoms with E-state index in [-0.39, 0.29) is 17.3 Å². The third-order valence-corrected chi connectivity index (χ3v) is 5.52. The van der Waals surface area contributed by atoms with Gasteiger partial charge in [-0.1, -0.05) is 11.2 Å². The molecule has 21 heavy (non-hydrogen) atoms. The van der Waals surface area contributed by atoms with Gasteiger partial charge in [-0.15, -0.1) is 0 Å². The number of rotatable bonds is 6. The summed E-state index contributed by atoms with van der Waals surface area (Å²) in [5.41, 5.74) is 1.74. The molecule has 0 saturated heterocycles. The second-order valence-electron chi connectivity index (χ2n) is 4.43. The molecule has 1 aromatic heterocycles. The highest BCUT2D eigenvalue weighted by Gasteiger charge is 2.20. The van der Waals surface area contributed by atoms with Crippen molar-refractivity contribution in [1.82, 2.24) is 20.2 Å². The van der Waals surface area contributed by atoms with Gasteiger partial charge in [0.15, 0.2) is 5.82 Å². The summed E-state index contributed by atoms with van der Waals surface area (Å²) in [5, 5.41) is 6.57. The highest BCUT2D eigenvalue weighted by molar-refractivity contribution is 9.10. The van der Waals surface area contributed by atoms with Gasteiger partial charge >= 0.3 is 0 Å². The Kier molecular flexibility index (Phi) is 5.09. The average Bonchev–Trinajstić information content (AvgIpc) is 2.94. The first kappa shape index (κ1) is 16.1. The molecule has 0 bridgehead atoms. The standard InChI is InChI=1S/C12H15BrN4O3S/c1-8-3-9(5-14-2)4-10(12(8)13)21(18,19)16-6-11-15-7-20-17-11/h3-4,7,14,16H,5-6H2,1-2H3. The van der Waals surface area contributed by atoms with Crippen LogP contribution in [0.1, 0.15) is 17.0 Å². The predicted molar refractivity (Wildman–Crippen MR) is 80.0 cm³/mol. The number of hydrogen-bond acceptors (Lipinski definition) is 6. The maximum atomic E-state index is 12.4. The van der Waals surface area contributed by atoms with E-state index >= 15 is 0 Å². The monoisotopic (exact) mass is 374 g/mol. The number of hydrogen-bond donors (Lipinski definition) is 2. The molecular weight excluding hydrogens is 360 g/mol. The van der Waals surface area contributed by atoms with Crippen LogP contribution in [0.4, 0.5) is 0 Å². The maximum absolute atomic E-state index is 12.4. The van der Waals surface area contributed by atoms with Gasteiger partial charge in [0.1, 0.15) is 0 Å². The average molecular weight is 375 g/mol. The Morgan fingerprint density at radius 2 is 2.10 bits per heavy atom. The van der Waals surface area contributed by atoms with E-state index in [9.17, 15) is 8.42 Å². The van der Waals surface area contributed by atoms with Crippen LogP contribution in [-0.4, -0.2) is 25.6 Å². The lowest BCUT2D eigenvalue weighted by Gasteiger charge is -2.12. The largest absolute Gasteiger partial charge is 0.343 e. The van der Waals surface area contributed by atoms with Crippen LogP contribution in [0.25, 0.3) is 0 Å². The van der Waals surface area contributed by atoms with Gasteiger partial charge in [-0.2, -0.15) is 4.98 Å². The Morgan fingerprint density at radius 1 is 1.33 bits per heavy atom. The summed E-state index contributed by atoms with van der Waals surface area (Å²) >= 11 is 3.33. The molecule has 0 aliphatic heterocycles. The first-order valence-electron chi connectivity index (χ1n) is 6.12. The third-order valence-electron chi connectivity index (χ3n) is 2.78. The summed E-state index contributed by atoms with van der Waals surface area (Å²) in [6.07, 6.45) is 1.15. The van der Waals surface area contributed by atoms with Crippen molar-refractivity contribution in [3.05, 3.63) is 40.0 Å². The highest BCUT2D eigenvalue weighted by Crippen LogP contribution is 2.27. The van der Waals surface area contributed by atoms with Crippen LogP contribution in [0.3, 0.4) is 0 Å². The molecule has 9 heteroatoms. The number of nitrogens with zero attached hydrogens (tertiary/aromatic N) is 2. The SMILES string of the molecule is CNCc1cc(C)c(Br)c(S(=O)(=O)NCc2ncon2)c1. The molecule has 0 amide bonds. The smallest absolute Gasteiger partial charge is 0.242 e. The molecule has 0 fully saturated rings. The Bertz CT molecular complexity index is 716. The van der Waals surface area contributed by atoms with Crippen molar-refractivity contribution >= 4 is 26.0 Å². The zero-order valence-electron chi connectivity index (χ0n) is 11.6. The van der Waals surface area contributed by atoms with Crippen molar-refractivity contribution in [2.24, 2.45) is 0 Å². The molecule has 0 saturated carbocycles. The summed E-state index contributed by atoms with van der Waals surface area (Å²) in [5.74, 6) is 0.276. The van der Waals surface area contributed by atoms with Crippen LogP contribution >= 0.6 is 15.9 Å². The number of sulfonamides is 1. The topological polar surface area (TPSA) is 97.1 Å². The Balaban J connectivity index is 2.30. The van der Waals surface area contributed by atoms with E-state index in [4.69, 9.17) is 0 Å². The van der Waals surface area contributed by atoms with Crippen LogP contribution in [0.15, 0.2) is 32.4 Å². The minimum atomic E-state index is -3.68. The van der Waals surface area contributed by atoms with Gasteiger partial charge < -0.3 is 9.84 Å². The van der Waals surface area contributed by atoms with Crippen LogP contribution in [0.2, 0.25) is 0 Å². The number of aromatic nitrogens is 2. The van der Waals surface area contributed by atoms with E-state index in [1.165, 1.54) is 0 Å². The van der Waals surface area contributed by atoms with Gasteiger partial charge in [0, 0.05) is 11.0 Å². The predicted octanol–water partition coefficient (Wildman–Crippen LogP) is 1.34. The van der Waals surface area contributed by atoms with Crippen LogP contribution in [0, 0.1) is 6.92 Å². The van der Waals surface area contributed by atoms with Crippen LogP contribution in [0.5, 0.6) is 0 Å². The first-order valence-corrected chi connectivity index (χ1v) is 8.40. The molecule has 114 valence electrons. The van der Waals surface area contributed by atoms with Crippen LogP contribution in [-0.2, 0) is 23.1 Å². The molecule has 2 rings (SSSR count). The Labute approximate surface area is 131 Å². The lowest BCUT2D eigenvalue weighted by molar-refractivity contribution is 0.409. The van der Waals surface area contributed by atoms with Gasteiger partial charge in [-0.3, -0.25) is 0 Å². The Hall–Kier alpha value is -1.29. The molecule has 7 nitrogen and oxygen atoms in total. The molecular formula is C12H15BrN4O3S. The van der Waals surface area contributed by atoms with Crippen molar-refractivity contribution in [2.75, 3.05) is 7.05 Å². The molecule has 1 heterocycles. The number of halogens is 1. The molecule has 2 N–H and O–H groups in total. The van der Waals surface area contributed by atoms with Gasteiger partial charge in [0.05, 0.1) is 11.4 Å². The van der Waals surface area contributed by atoms with Crippen molar-refractivity contribution in [1.29, 1.82) is 0 Å². The second kappa shape index (κ2) is 6.65. The summed E-state index contributed by atoms with van der Waals surface area (Å²) in [7, 11) is -1.87. The van der Waals surface area contributed by atoms with Crippen molar-refractivity contribution < 1.29 is 12.9 Å². The summed E-state index contributed by atoms with van der Waals surface area (Å²) in [4.78, 5) is 3.96. The summed E-state index contributed by atoms with van der Waals surface area (Å²) in [6.45, 7) is 2.41. The van der Waals surface area contributed by atoms with Gasteiger partial charge in [0.25, 0.3) is 0 Å². The van der Waals surface area contributed by atoms with Gasteiger partial charge in [-0.05, 0) is 47.1 Å². The van der Waals surface area contributed by atoms with E-state index in [1.54, 1.807) is 13.1 Å². The molecule has 0 unspecified atom stereocenters. The highest BCUT2D eigenvalue weighted by atomic mass is 79.9. The lowest BCUT2D eigenvalue weighted by Crippen LogP contribution is -2.24. The van der Waals surface area contributed by atoms with E-state index in [0.717, 1.165) is 17.5 Å². The van der Waals surface area contributed by atoms with Crippen LogP contribution < -0.4 is 10.0 Å². The van der Waals surface area contributed by atoms with Gasteiger partial charge in [-0.25, -0.2) is 13.1 Å². The van der Waals surface area contributed by atoms with E-state index in [0.29, 0.717) is 11.0 Å². The number of nitrogens with one attached hydrogen (secondary N) is 2. The second-order valence-corrected chi connectivity index (χ2v) is 6.96. The maximum Gasteiger partial charge on any atom is 0.242 e. The van der Waals surface area contributed by atoms with Crippen molar-refractivity contribution in [3.63, 3.8) is 0 Å². The lowest BCUT2D eigenvalue weighted by atomic mass is 10.1. The minimum absolute atomic E-state index is 0.0272. The quantitative estimate of drug-likeness (QED) is 0.791. The third kappa shape index (κ3) is 3.88. The molecule has 0 aliphatic rings. The fourth-order valence-corrected chi connectivity index (χ4v) is 3.86.